The second kappa shape index (κ2) is 9.30. The molecular weight excluding hydrogens is 340 g/mol. The molecule has 1 saturated heterocycles. The highest BCUT2D eigenvalue weighted by Gasteiger charge is 2.36. The number of carbonyl (C=O) groups is 2. The summed E-state index contributed by atoms with van der Waals surface area (Å²) in [5.41, 5.74) is 2.29. The van der Waals surface area contributed by atoms with E-state index in [4.69, 9.17) is 0 Å². The molecule has 2 aromatic rings. The summed E-state index contributed by atoms with van der Waals surface area (Å²) in [5.74, 6) is -0.248. The number of nitrogens with one attached hydrogen (secondary N) is 4. The molecule has 27 heavy (non-hydrogen) atoms. The van der Waals surface area contributed by atoms with Gasteiger partial charge in [0.15, 0.2) is 6.04 Å². The van der Waals surface area contributed by atoms with Crippen molar-refractivity contribution in [3.05, 3.63) is 71.8 Å². The summed E-state index contributed by atoms with van der Waals surface area (Å²) in [6.07, 6.45) is 0. The molecule has 0 unspecified atom stereocenters. The molecule has 0 aliphatic carbocycles. The van der Waals surface area contributed by atoms with Crippen LogP contribution in [-0.2, 0) is 11.3 Å². The lowest BCUT2D eigenvalue weighted by atomic mass is 10.0. The first-order chi connectivity index (χ1) is 13.2. The lowest BCUT2D eigenvalue weighted by Gasteiger charge is -2.34. The average molecular weight is 368 g/mol. The van der Waals surface area contributed by atoms with Gasteiger partial charge in [-0.3, -0.25) is 10.1 Å². The van der Waals surface area contributed by atoms with E-state index in [9.17, 15) is 9.59 Å². The van der Waals surface area contributed by atoms with Crippen LogP contribution in [0.5, 0.6) is 0 Å². The van der Waals surface area contributed by atoms with Crippen molar-refractivity contribution >= 4 is 11.9 Å². The summed E-state index contributed by atoms with van der Waals surface area (Å²) < 4.78 is 0. The first kappa shape index (κ1) is 19.1. The Bertz CT molecular complexity index is 743. The fourth-order valence-electron chi connectivity index (χ4n) is 3.74. The Kier molecular flexibility index (Phi) is 6.57. The SMILES string of the molecule is CNC(=O)NC(=O)[C@@H](c1ccccc1)[NH+]1CC[NH+](Cc2ccccc2)CC1. The molecule has 1 atom stereocenters. The van der Waals surface area contributed by atoms with Gasteiger partial charge in [-0.2, -0.15) is 0 Å². The highest BCUT2D eigenvalue weighted by molar-refractivity contribution is 5.96. The van der Waals surface area contributed by atoms with E-state index in [1.54, 1.807) is 0 Å². The third-order valence-corrected chi connectivity index (χ3v) is 5.16. The zero-order chi connectivity index (χ0) is 19.1. The van der Waals surface area contributed by atoms with Gasteiger partial charge in [-0.1, -0.05) is 60.7 Å². The van der Waals surface area contributed by atoms with Crippen molar-refractivity contribution in [2.24, 2.45) is 0 Å². The van der Waals surface area contributed by atoms with Crippen LogP contribution in [0.3, 0.4) is 0 Å². The molecular formula is C21H28N4O2+2. The molecule has 2 aromatic carbocycles. The van der Waals surface area contributed by atoms with Crippen LogP contribution >= 0.6 is 0 Å². The van der Waals surface area contributed by atoms with E-state index in [1.165, 1.54) is 22.4 Å². The van der Waals surface area contributed by atoms with E-state index in [1.807, 2.05) is 36.4 Å². The highest BCUT2D eigenvalue weighted by Crippen LogP contribution is 2.09. The maximum atomic E-state index is 12.8. The normalized spacial score (nSPS) is 20.5. The second-order valence-electron chi connectivity index (χ2n) is 6.98. The second-order valence-corrected chi connectivity index (χ2v) is 6.98. The minimum Gasteiger partial charge on any atom is -0.341 e. The highest BCUT2D eigenvalue weighted by atomic mass is 16.2. The van der Waals surface area contributed by atoms with E-state index in [0.717, 1.165) is 38.3 Å². The lowest BCUT2D eigenvalue weighted by molar-refractivity contribution is -1.03. The molecule has 142 valence electrons. The summed E-state index contributed by atoms with van der Waals surface area (Å²) in [6.45, 7) is 4.79. The first-order valence-corrected chi connectivity index (χ1v) is 9.47. The number of hydrogen-bond acceptors (Lipinski definition) is 2. The summed E-state index contributed by atoms with van der Waals surface area (Å²) in [7, 11) is 1.51. The Hall–Kier alpha value is -2.70. The van der Waals surface area contributed by atoms with Gasteiger partial charge in [0.25, 0.3) is 5.91 Å². The van der Waals surface area contributed by atoms with E-state index in [2.05, 4.69) is 34.9 Å². The van der Waals surface area contributed by atoms with Gasteiger partial charge in [0.05, 0.1) is 0 Å². The number of piperazine rings is 1. The molecule has 0 bridgehead atoms. The monoisotopic (exact) mass is 368 g/mol. The Morgan fingerprint density at radius 3 is 2.11 bits per heavy atom. The maximum absolute atomic E-state index is 12.8. The Morgan fingerprint density at radius 2 is 1.52 bits per heavy atom. The van der Waals surface area contributed by atoms with Crippen molar-refractivity contribution in [2.75, 3.05) is 33.2 Å². The quantitative estimate of drug-likeness (QED) is 0.557. The summed E-state index contributed by atoms with van der Waals surface area (Å²) in [5, 5.41) is 4.92. The van der Waals surface area contributed by atoms with Crippen LogP contribution in [0.1, 0.15) is 17.2 Å². The van der Waals surface area contributed by atoms with Crippen LogP contribution in [0.25, 0.3) is 0 Å². The molecule has 0 saturated carbocycles. The maximum Gasteiger partial charge on any atom is 0.321 e. The smallest absolute Gasteiger partial charge is 0.321 e. The summed E-state index contributed by atoms with van der Waals surface area (Å²) in [6, 6.07) is 19.4. The molecule has 6 nitrogen and oxygen atoms in total. The van der Waals surface area contributed by atoms with Gasteiger partial charge in [0.1, 0.15) is 32.7 Å². The van der Waals surface area contributed by atoms with Crippen LogP contribution < -0.4 is 20.4 Å². The fourth-order valence-corrected chi connectivity index (χ4v) is 3.74. The molecule has 3 rings (SSSR count). The van der Waals surface area contributed by atoms with E-state index < -0.39 is 6.03 Å². The van der Waals surface area contributed by atoms with Gasteiger partial charge in [-0.15, -0.1) is 0 Å². The van der Waals surface area contributed by atoms with Crippen LogP contribution in [0.15, 0.2) is 60.7 Å². The van der Waals surface area contributed by atoms with Crippen molar-refractivity contribution in [3.63, 3.8) is 0 Å². The average Bonchev–Trinajstić information content (AvgIpc) is 2.71. The van der Waals surface area contributed by atoms with Crippen molar-refractivity contribution in [1.82, 2.24) is 10.6 Å². The third-order valence-electron chi connectivity index (χ3n) is 5.16. The summed E-state index contributed by atoms with van der Waals surface area (Å²) in [4.78, 5) is 27.2. The molecule has 0 aromatic heterocycles. The topological polar surface area (TPSA) is 67.1 Å². The first-order valence-electron chi connectivity index (χ1n) is 9.47. The number of rotatable bonds is 5. The van der Waals surface area contributed by atoms with Crippen molar-refractivity contribution in [3.8, 4) is 0 Å². The minimum atomic E-state index is -0.464. The van der Waals surface area contributed by atoms with Crippen molar-refractivity contribution in [1.29, 1.82) is 0 Å². The molecule has 6 heteroatoms. The molecule has 0 spiro atoms. The predicted molar refractivity (Wildman–Crippen MR) is 103 cm³/mol. The van der Waals surface area contributed by atoms with Crippen molar-refractivity contribution in [2.45, 2.75) is 12.6 Å². The van der Waals surface area contributed by atoms with E-state index >= 15 is 0 Å². The Morgan fingerprint density at radius 1 is 0.926 bits per heavy atom. The van der Waals surface area contributed by atoms with Gasteiger partial charge >= 0.3 is 6.03 Å². The van der Waals surface area contributed by atoms with Crippen molar-refractivity contribution < 1.29 is 19.4 Å². The fraction of sp³-hybridized carbons (Fsp3) is 0.333. The van der Waals surface area contributed by atoms with Gasteiger partial charge in [0, 0.05) is 18.2 Å². The number of benzene rings is 2. The van der Waals surface area contributed by atoms with Gasteiger partial charge in [-0.25, -0.2) is 4.79 Å². The number of quaternary nitrogens is 2. The Balaban J connectivity index is 1.67. The molecule has 1 aliphatic rings. The Labute approximate surface area is 160 Å². The number of imide groups is 1. The van der Waals surface area contributed by atoms with Crippen LogP contribution in [0.2, 0.25) is 0 Å². The standard InChI is InChI=1S/C21H26N4O2/c1-22-21(27)23-20(26)19(18-10-6-3-7-11-18)25-14-12-24(13-15-25)16-17-8-4-2-5-9-17/h2-11,19H,12-16H2,1H3,(H2,22,23,26,27)/p+2/t19-/m1/s1. The van der Waals surface area contributed by atoms with Crippen LogP contribution in [-0.4, -0.2) is 45.2 Å². The largest absolute Gasteiger partial charge is 0.341 e. The van der Waals surface area contributed by atoms with Gasteiger partial charge in [0.2, 0.25) is 0 Å². The molecule has 1 aliphatic heterocycles. The minimum absolute atomic E-state index is 0.248. The van der Waals surface area contributed by atoms with E-state index in [0.29, 0.717) is 0 Å². The van der Waals surface area contributed by atoms with Gasteiger partial charge < -0.3 is 15.1 Å². The molecule has 1 heterocycles. The van der Waals surface area contributed by atoms with Crippen LogP contribution in [0.4, 0.5) is 4.79 Å². The molecule has 3 amide bonds. The molecule has 4 N–H and O–H groups in total. The molecule has 1 fully saturated rings. The number of carbonyl (C=O) groups excluding carboxylic acids is 2. The van der Waals surface area contributed by atoms with E-state index in [-0.39, 0.29) is 11.9 Å². The lowest BCUT2D eigenvalue weighted by Crippen LogP contribution is -3.28. The molecule has 0 radical (unpaired) electrons. The number of urea groups is 1. The summed E-state index contributed by atoms with van der Waals surface area (Å²) >= 11 is 0. The number of hydrogen-bond donors (Lipinski definition) is 4. The number of amides is 3. The predicted octanol–water partition coefficient (Wildman–Crippen LogP) is -0.833. The zero-order valence-corrected chi connectivity index (χ0v) is 15.7. The third kappa shape index (κ3) is 5.15. The van der Waals surface area contributed by atoms with Crippen LogP contribution in [0, 0.1) is 0 Å². The van der Waals surface area contributed by atoms with Gasteiger partial charge in [-0.05, 0) is 0 Å². The zero-order valence-electron chi connectivity index (χ0n) is 15.7.